The third-order valence-electron chi connectivity index (χ3n) is 4.67. The van der Waals surface area contributed by atoms with E-state index in [0.717, 1.165) is 37.0 Å². The van der Waals surface area contributed by atoms with Crippen LogP contribution in [0.5, 0.6) is 0 Å². The molecular weight excluding hydrogens is 328 g/mol. The molecule has 132 valence electrons. The zero-order chi connectivity index (χ0) is 17.8. The molecule has 3 aromatic rings. The summed E-state index contributed by atoms with van der Waals surface area (Å²) in [5.74, 6) is 0. The molecule has 0 aliphatic carbocycles. The number of aryl methyl sites for hydroxylation is 1. The largest absolute Gasteiger partial charge is 0.296 e. The number of benzene rings is 1. The molecular formula is C20H26N4S. The lowest BCUT2D eigenvalue weighted by atomic mass is 10.1. The summed E-state index contributed by atoms with van der Waals surface area (Å²) in [6, 6.07) is 6.82. The molecule has 25 heavy (non-hydrogen) atoms. The highest BCUT2D eigenvalue weighted by Gasteiger charge is 2.22. The molecule has 0 fully saturated rings. The van der Waals surface area contributed by atoms with Gasteiger partial charge < -0.3 is 0 Å². The maximum atomic E-state index is 4.69. The molecule has 0 N–H and O–H groups in total. The Morgan fingerprint density at radius 3 is 2.56 bits per heavy atom. The van der Waals surface area contributed by atoms with Gasteiger partial charge in [-0.3, -0.25) is 14.9 Å². The molecule has 0 saturated heterocycles. The monoisotopic (exact) mass is 354 g/mol. The van der Waals surface area contributed by atoms with Gasteiger partial charge >= 0.3 is 0 Å². The lowest BCUT2D eigenvalue weighted by molar-refractivity contribution is 0.221. The summed E-state index contributed by atoms with van der Waals surface area (Å²) in [6.45, 7) is 10.6. The molecule has 5 heteroatoms. The van der Waals surface area contributed by atoms with Crippen molar-refractivity contribution in [3.63, 3.8) is 0 Å². The van der Waals surface area contributed by atoms with Crippen LogP contribution in [0.25, 0.3) is 11.0 Å². The summed E-state index contributed by atoms with van der Waals surface area (Å²) >= 11 is 1.86. The van der Waals surface area contributed by atoms with Crippen molar-refractivity contribution in [2.24, 2.45) is 0 Å². The Hall–Kier alpha value is -1.85. The van der Waals surface area contributed by atoms with E-state index in [2.05, 4.69) is 46.9 Å². The van der Waals surface area contributed by atoms with Crippen LogP contribution in [0.2, 0.25) is 0 Å². The van der Waals surface area contributed by atoms with Crippen molar-refractivity contribution < 1.29 is 0 Å². The maximum Gasteiger partial charge on any atom is 0.0900 e. The Morgan fingerprint density at radius 1 is 1.04 bits per heavy atom. The van der Waals surface area contributed by atoms with Crippen molar-refractivity contribution in [3.8, 4) is 0 Å². The lowest BCUT2D eigenvalue weighted by Crippen LogP contribution is -2.29. The molecule has 1 unspecified atom stereocenters. The van der Waals surface area contributed by atoms with Crippen molar-refractivity contribution in [1.29, 1.82) is 0 Å². The predicted molar refractivity (Wildman–Crippen MR) is 105 cm³/mol. The Kier molecular flexibility index (Phi) is 5.76. The van der Waals surface area contributed by atoms with Crippen molar-refractivity contribution in [1.82, 2.24) is 19.9 Å². The third kappa shape index (κ3) is 3.88. The van der Waals surface area contributed by atoms with E-state index in [-0.39, 0.29) is 0 Å². The lowest BCUT2D eigenvalue weighted by Gasteiger charge is -2.28. The van der Waals surface area contributed by atoms with Gasteiger partial charge in [-0.15, -0.1) is 11.3 Å². The molecule has 0 spiro atoms. The summed E-state index contributed by atoms with van der Waals surface area (Å²) in [5, 5.41) is 1.20. The van der Waals surface area contributed by atoms with Crippen molar-refractivity contribution in [2.45, 2.75) is 46.6 Å². The number of thiazole rings is 1. The first kappa shape index (κ1) is 18.0. The molecule has 1 aliphatic heterocycles. The molecule has 4 nitrogen and oxygen atoms in total. The second-order valence-electron chi connectivity index (χ2n) is 6.12. The van der Waals surface area contributed by atoms with Crippen LogP contribution in [-0.4, -0.2) is 32.9 Å². The minimum Gasteiger partial charge on any atom is -0.296 e. The van der Waals surface area contributed by atoms with E-state index >= 15 is 0 Å². The summed E-state index contributed by atoms with van der Waals surface area (Å²) in [7, 11) is 0. The van der Waals surface area contributed by atoms with Crippen LogP contribution >= 0.6 is 11.3 Å². The summed E-state index contributed by atoms with van der Waals surface area (Å²) in [5.41, 5.74) is 4.56. The minimum absolute atomic E-state index is 0.386. The molecule has 1 aliphatic rings. The minimum atomic E-state index is 0.386. The Labute approximate surface area is 154 Å². The van der Waals surface area contributed by atoms with Crippen LogP contribution in [0, 0.1) is 6.92 Å². The highest BCUT2D eigenvalue weighted by molar-refractivity contribution is 7.11. The maximum absolute atomic E-state index is 4.69. The first-order chi connectivity index (χ1) is 12.2. The van der Waals surface area contributed by atoms with Crippen LogP contribution in [0.4, 0.5) is 0 Å². The van der Waals surface area contributed by atoms with E-state index in [1.165, 1.54) is 21.1 Å². The van der Waals surface area contributed by atoms with Gasteiger partial charge in [0.05, 0.1) is 21.7 Å². The summed E-state index contributed by atoms with van der Waals surface area (Å²) in [4.78, 5) is 17.5. The molecule has 0 amide bonds. The Morgan fingerprint density at radius 2 is 1.76 bits per heavy atom. The van der Waals surface area contributed by atoms with E-state index < -0.39 is 0 Å². The topological polar surface area (TPSA) is 41.9 Å². The van der Waals surface area contributed by atoms with Gasteiger partial charge in [0.15, 0.2) is 0 Å². The van der Waals surface area contributed by atoms with Crippen LogP contribution in [0.15, 0.2) is 30.6 Å². The SMILES string of the molecule is CC.Cc1nc2c(s1)CCN(C(C)c1ccc3nccnc3c1)CC2. The molecule has 3 heterocycles. The first-order valence-corrected chi connectivity index (χ1v) is 9.92. The average molecular weight is 355 g/mol. The summed E-state index contributed by atoms with van der Waals surface area (Å²) in [6.07, 6.45) is 5.67. The number of aromatic nitrogens is 3. The molecule has 4 rings (SSSR count). The van der Waals surface area contributed by atoms with Gasteiger partial charge in [-0.2, -0.15) is 0 Å². The normalized spacial score (nSPS) is 15.8. The van der Waals surface area contributed by atoms with Crippen LogP contribution in [0.1, 0.15) is 48.0 Å². The second-order valence-corrected chi connectivity index (χ2v) is 7.41. The van der Waals surface area contributed by atoms with Gasteiger partial charge in [-0.05, 0) is 38.0 Å². The second kappa shape index (κ2) is 8.02. The highest BCUT2D eigenvalue weighted by Crippen LogP contribution is 2.28. The zero-order valence-electron chi connectivity index (χ0n) is 15.5. The number of hydrogen-bond donors (Lipinski definition) is 0. The number of nitrogens with zero attached hydrogens (tertiary/aromatic N) is 4. The first-order valence-electron chi connectivity index (χ1n) is 9.10. The van der Waals surface area contributed by atoms with E-state index in [4.69, 9.17) is 4.98 Å². The predicted octanol–water partition coefficient (Wildman–Crippen LogP) is 4.58. The Bertz CT molecular complexity index is 817. The molecule has 1 atom stereocenters. The van der Waals surface area contributed by atoms with Crippen LogP contribution in [0.3, 0.4) is 0 Å². The van der Waals surface area contributed by atoms with Gasteiger partial charge in [0.1, 0.15) is 0 Å². The smallest absolute Gasteiger partial charge is 0.0900 e. The fraction of sp³-hybridized carbons (Fsp3) is 0.450. The fourth-order valence-electron chi connectivity index (χ4n) is 3.35. The van der Waals surface area contributed by atoms with Crippen molar-refractivity contribution >= 4 is 22.4 Å². The van der Waals surface area contributed by atoms with Gasteiger partial charge in [0.2, 0.25) is 0 Å². The van der Waals surface area contributed by atoms with Gasteiger partial charge in [0.25, 0.3) is 0 Å². The average Bonchev–Trinajstić information content (AvgIpc) is 2.91. The highest BCUT2D eigenvalue weighted by atomic mass is 32.1. The van der Waals surface area contributed by atoms with Crippen molar-refractivity contribution in [3.05, 3.63) is 51.7 Å². The van der Waals surface area contributed by atoms with E-state index in [1.807, 2.05) is 25.2 Å². The molecule has 0 radical (unpaired) electrons. The number of rotatable bonds is 2. The van der Waals surface area contributed by atoms with Gasteiger partial charge in [-0.1, -0.05) is 19.9 Å². The van der Waals surface area contributed by atoms with Gasteiger partial charge in [-0.25, -0.2) is 4.98 Å². The number of fused-ring (bicyclic) bond motifs is 2. The standard InChI is InChI=1S/C18H20N4S.C2H6/c1-12(14-3-4-15-17(11-14)20-8-7-19-15)22-9-5-16-18(6-10-22)23-13(2)21-16;1-2/h3-4,7-8,11-12H,5-6,9-10H2,1-2H3;1-2H3. The Balaban J connectivity index is 0.000000880. The van der Waals surface area contributed by atoms with Crippen LogP contribution in [-0.2, 0) is 12.8 Å². The molecule has 2 aromatic heterocycles. The molecule has 0 saturated carbocycles. The number of hydrogen-bond acceptors (Lipinski definition) is 5. The van der Waals surface area contributed by atoms with Gasteiger partial charge in [0, 0.05) is 42.8 Å². The van der Waals surface area contributed by atoms with Crippen LogP contribution < -0.4 is 0 Å². The van der Waals surface area contributed by atoms with E-state index in [9.17, 15) is 0 Å². The van der Waals surface area contributed by atoms with Crippen molar-refractivity contribution in [2.75, 3.05) is 13.1 Å². The fourth-order valence-corrected chi connectivity index (χ4v) is 4.32. The zero-order valence-corrected chi connectivity index (χ0v) is 16.3. The summed E-state index contributed by atoms with van der Waals surface area (Å²) < 4.78 is 0. The molecule has 1 aromatic carbocycles. The van der Waals surface area contributed by atoms with E-state index in [1.54, 1.807) is 12.4 Å². The molecule has 0 bridgehead atoms. The van der Waals surface area contributed by atoms with E-state index in [0.29, 0.717) is 6.04 Å². The quantitative estimate of drug-likeness (QED) is 0.675. The third-order valence-corrected chi connectivity index (χ3v) is 5.74.